The van der Waals surface area contributed by atoms with E-state index in [1.807, 2.05) is 6.07 Å². The van der Waals surface area contributed by atoms with Crippen molar-refractivity contribution in [2.75, 3.05) is 46.1 Å². The number of hydrogen-bond donors (Lipinski definition) is 0. The molecule has 2 rings (SSSR count). The second-order valence-corrected chi connectivity index (χ2v) is 11.4. The Kier molecular flexibility index (Phi) is 21.9. The minimum Gasteiger partial charge on any atom is -0.379 e. The molecule has 1 heterocycles. The van der Waals surface area contributed by atoms with Crippen molar-refractivity contribution in [2.24, 2.45) is 0 Å². The Hall–Kier alpha value is -0.940. The molecular formula is C34H61NO3. The number of rotatable bonds is 27. The minimum atomic E-state index is 0.000401. The Morgan fingerprint density at radius 2 is 1.13 bits per heavy atom. The zero-order chi connectivity index (χ0) is 26.8. The standard InChI is InChI=1S/C34H61NO3/c1-2-3-4-5-6-7-8-9-10-11-12-13-14-21-28-36-31-34(38-30-33-23-16-15-17-24-33)32-37-29-22-20-27-35-25-18-19-26-35/h15-17,23-24,34H,2-14,18-22,25-32H2,1H3/t34-/m0/s1. The summed E-state index contributed by atoms with van der Waals surface area (Å²) >= 11 is 0. The maximum absolute atomic E-state index is 6.18. The Labute approximate surface area is 236 Å². The third-order valence-electron chi connectivity index (χ3n) is 7.79. The highest BCUT2D eigenvalue weighted by Crippen LogP contribution is 2.13. The fraction of sp³-hybridized carbons (Fsp3) is 0.824. The van der Waals surface area contributed by atoms with Crippen LogP contribution in [0.3, 0.4) is 0 Å². The van der Waals surface area contributed by atoms with E-state index in [1.165, 1.54) is 128 Å². The van der Waals surface area contributed by atoms with Gasteiger partial charge in [0.2, 0.25) is 0 Å². The van der Waals surface area contributed by atoms with Crippen LogP contribution < -0.4 is 0 Å². The third kappa shape index (κ3) is 19.2. The summed E-state index contributed by atoms with van der Waals surface area (Å²) in [6.07, 6.45) is 24.5. The summed E-state index contributed by atoms with van der Waals surface area (Å²) in [5.74, 6) is 0. The molecule has 0 N–H and O–H groups in total. The van der Waals surface area contributed by atoms with Crippen LogP contribution in [0.2, 0.25) is 0 Å². The second kappa shape index (κ2) is 25.1. The summed E-state index contributed by atoms with van der Waals surface area (Å²) < 4.78 is 18.2. The maximum Gasteiger partial charge on any atom is 0.105 e. The molecule has 1 aliphatic heterocycles. The highest BCUT2D eigenvalue weighted by atomic mass is 16.6. The minimum absolute atomic E-state index is 0.000401. The van der Waals surface area contributed by atoms with Gasteiger partial charge in [0.25, 0.3) is 0 Å². The van der Waals surface area contributed by atoms with Gasteiger partial charge in [0, 0.05) is 13.2 Å². The molecule has 0 aliphatic carbocycles. The van der Waals surface area contributed by atoms with Crippen molar-refractivity contribution in [1.82, 2.24) is 4.90 Å². The van der Waals surface area contributed by atoms with Crippen LogP contribution in [0.5, 0.6) is 0 Å². The Bertz CT molecular complexity index is 605. The lowest BCUT2D eigenvalue weighted by Crippen LogP contribution is -2.26. The second-order valence-electron chi connectivity index (χ2n) is 11.4. The highest BCUT2D eigenvalue weighted by molar-refractivity contribution is 5.13. The molecule has 0 unspecified atom stereocenters. The normalized spacial score (nSPS) is 14.9. The van der Waals surface area contributed by atoms with Gasteiger partial charge < -0.3 is 19.1 Å². The van der Waals surface area contributed by atoms with Crippen LogP contribution in [-0.2, 0) is 20.8 Å². The fourth-order valence-corrected chi connectivity index (χ4v) is 5.31. The molecule has 4 heteroatoms. The van der Waals surface area contributed by atoms with E-state index in [9.17, 15) is 0 Å². The van der Waals surface area contributed by atoms with E-state index < -0.39 is 0 Å². The van der Waals surface area contributed by atoms with Gasteiger partial charge in [-0.25, -0.2) is 0 Å². The predicted octanol–water partition coefficient (Wildman–Crippen LogP) is 8.96. The summed E-state index contributed by atoms with van der Waals surface area (Å²) in [7, 11) is 0. The van der Waals surface area contributed by atoms with Crippen molar-refractivity contribution in [1.29, 1.82) is 0 Å². The molecule has 1 saturated heterocycles. The Balaban J connectivity index is 1.44. The van der Waals surface area contributed by atoms with Crippen molar-refractivity contribution < 1.29 is 14.2 Å². The lowest BCUT2D eigenvalue weighted by molar-refractivity contribution is -0.0674. The first-order chi connectivity index (χ1) is 18.9. The van der Waals surface area contributed by atoms with Gasteiger partial charge in [0.1, 0.15) is 6.10 Å². The van der Waals surface area contributed by atoms with Crippen LogP contribution >= 0.6 is 0 Å². The van der Waals surface area contributed by atoms with E-state index in [1.54, 1.807) is 0 Å². The van der Waals surface area contributed by atoms with Crippen LogP contribution in [-0.4, -0.2) is 57.1 Å². The molecule has 0 bridgehead atoms. The molecule has 0 spiro atoms. The molecule has 220 valence electrons. The van der Waals surface area contributed by atoms with Gasteiger partial charge in [0.05, 0.1) is 19.8 Å². The van der Waals surface area contributed by atoms with Crippen LogP contribution in [0.25, 0.3) is 0 Å². The first-order valence-electron chi connectivity index (χ1n) is 16.4. The van der Waals surface area contributed by atoms with Gasteiger partial charge in [-0.2, -0.15) is 0 Å². The molecule has 1 aliphatic rings. The number of unbranched alkanes of at least 4 members (excludes halogenated alkanes) is 14. The summed E-state index contributed by atoms with van der Waals surface area (Å²) in [4.78, 5) is 2.58. The lowest BCUT2D eigenvalue weighted by atomic mass is 10.0. The first kappa shape index (κ1) is 33.3. The topological polar surface area (TPSA) is 30.9 Å². The van der Waals surface area contributed by atoms with Gasteiger partial charge in [-0.15, -0.1) is 0 Å². The average Bonchev–Trinajstić information content (AvgIpc) is 3.47. The molecule has 4 nitrogen and oxygen atoms in total. The molecule has 38 heavy (non-hydrogen) atoms. The van der Waals surface area contributed by atoms with E-state index in [4.69, 9.17) is 14.2 Å². The van der Waals surface area contributed by atoms with Crippen molar-refractivity contribution in [3.05, 3.63) is 35.9 Å². The van der Waals surface area contributed by atoms with Gasteiger partial charge in [-0.05, 0) is 57.3 Å². The molecule has 1 fully saturated rings. The summed E-state index contributed by atoms with van der Waals surface area (Å²) in [6, 6.07) is 10.4. The van der Waals surface area contributed by atoms with Crippen LogP contribution in [0, 0.1) is 0 Å². The summed E-state index contributed by atoms with van der Waals surface area (Å²) in [6.45, 7) is 9.60. The maximum atomic E-state index is 6.18. The number of likely N-dealkylation sites (tertiary alicyclic amines) is 1. The molecule has 0 saturated carbocycles. The van der Waals surface area contributed by atoms with Crippen molar-refractivity contribution >= 4 is 0 Å². The van der Waals surface area contributed by atoms with Gasteiger partial charge in [-0.3, -0.25) is 0 Å². The van der Waals surface area contributed by atoms with Crippen LogP contribution in [0.1, 0.15) is 128 Å². The van der Waals surface area contributed by atoms with Gasteiger partial charge in [0.15, 0.2) is 0 Å². The number of nitrogens with zero attached hydrogens (tertiary/aromatic N) is 1. The van der Waals surface area contributed by atoms with Gasteiger partial charge in [-0.1, -0.05) is 121 Å². The number of ether oxygens (including phenoxy) is 3. The van der Waals surface area contributed by atoms with E-state index in [-0.39, 0.29) is 6.10 Å². The summed E-state index contributed by atoms with van der Waals surface area (Å²) in [5.41, 5.74) is 1.20. The zero-order valence-electron chi connectivity index (χ0n) is 25.0. The van der Waals surface area contributed by atoms with Gasteiger partial charge >= 0.3 is 0 Å². The van der Waals surface area contributed by atoms with Crippen LogP contribution in [0.15, 0.2) is 30.3 Å². The van der Waals surface area contributed by atoms with Crippen molar-refractivity contribution in [2.45, 2.75) is 135 Å². The highest BCUT2D eigenvalue weighted by Gasteiger charge is 2.12. The molecule has 0 radical (unpaired) electrons. The Morgan fingerprint density at radius 3 is 1.68 bits per heavy atom. The van der Waals surface area contributed by atoms with E-state index in [2.05, 4.69) is 36.1 Å². The van der Waals surface area contributed by atoms with Crippen LogP contribution in [0.4, 0.5) is 0 Å². The SMILES string of the molecule is CCCCCCCCCCCCCCCCOC[C@@H](COCCCCN1CCCC1)OCc1ccccc1. The number of hydrogen-bond acceptors (Lipinski definition) is 4. The molecular weight excluding hydrogens is 470 g/mol. The fourth-order valence-electron chi connectivity index (χ4n) is 5.31. The molecule has 1 aromatic rings. The predicted molar refractivity (Wildman–Crippen MR) is 162 cm³/mol. The van der Waals surface area contributed by atoms with E-state index >= 15 is 0 Å². The lowest BCUT2D eigenvalue weighted by Gasteiger charge is -2.19. The molecule has 1 aromatic carbocycles. The third-order valence-corrected chi connectivity index (χ3v) is 7.79. The smallest absolute Gasteiger partial charge is 0.105 e. The van der Waals surface area contributed by atoms with Crippen molar-refractivity contribution in [3.8, 4) is 0 Å². The molecule has 0 aromatic heterocycles. The molecule has 0 amide bonds. The first-order valence-corrected chi connectivity index (χ1v) is 16.4. The summed E-state index contributed by atoms with van der Waals surface area (Å²) in [5, 5.41) is 0. The zero-order valence-corrected chi connectivity index (χ0v) is 25.0. The monoisotopic (exact) mass is 531 g/mol. The van der Waals surface area contributed by atoms with E-state index in [0.717, 1.165) is 26.1 Å². The Morgan fingerprint density at radius 1 is 0.632 bits per heavy atom. The van der Waals surface area contributed by atoms with E-state index in [0.29, 0.717) is 19.8 Å². The molecule has 1 atom stereocenters. The largest absolute Gasteiger partial charge is 0.379 e. The van der Waals surface area contributed by atoms with Crippen molar-refractivity contribution in [3.63, 3.8) is 0 Å². The quantitative estimate of drug-likeness (QED) is 0.106. The average molecular weight is 532 g/mol. The number of benzene rings is 1.